The second kappa shape index (κ2) is 8.47. The third-order valence-electron chi connectivity index (χ3n) is 6.18. The van der Waals surface area contributed by atoms with Crippen molar-refractivity contribution >= 4 is 18.7 Å². The predicted molar refractivity (Wildman–Crippen MR) is 114 cm³/mol. The van der Waals surface area contributed by atoms with Crippen LogP contribution < -0.4 is 10.4 Å². The fraction of sp³-hybridized carbons (Fsp3) is 0.478. The van der Waals surface area contributed by atoms with Gasteiger partial charge in [0.05, 0.1) is 12.7 Å². The molecular weight excluding hydrogens is 368 g/mol. The van der Waals surface area contributed by atoms with Gasteiger partial charge < -0.3 is 19.7 Å². The number of benzene rings is 2. The van der Waals surface area contributed by atoms with E-state index >= 15 is 0 Å². The standard InChI is InChI=1S/C23H32O4Si/c1-22(2,17-15-19-10-9-16-23(25,18-24)27-19)28(26,20-11-5-3-6-12-20)21-13-7-4-8-14-21/h3-8,11-14,19,24-26H,9-10,15-18H2,1-2H3/t19-,23?/m0/s1. The highest BCUT2D eigenvalue weighted by molar-refractivity contribution is 6.98. The lowest BCUT2D eigenvalue weighted by molar-refractivity contribution is -0.270. The van der Waals surface area contributed by atoms with Gasteiger partial charge in [0, 0.05) is 6.42 Å². The van der Waals surface area contributed by atoms with Crippen LogP contribution >= 0.6 is 0 Å². The van der Waals surface area contributed by atoms with E-state index < -0.39 is 14.1 Å². The summed E-state index contributed by atoms with van der Waals surface area (Å²) in [5.74, 6) is -1.42. The lowest BCUT2D eigenvalue weighted by Crippen LogP contribution is -2.65. The van der Waals surface area contributed by atoms with Gasteiger partial charge in [-0.25, -0.2) is 0 Å². The maximum atomic E-state index is 12.2. The Labute approximate surface area is 168 Å². The van der Waals surface area contributed by atoms with Crippen LogP contribution in [-0.2, 0) is 4.74 Å². The molecule has 0 saturated carbocycles. The van der Waals surface area contributed by atoms with Crippen LogP contribution in [0.1, 0.15) is 46.0 Å². The summed E-state index contributed by atoms with van der Waals surface area (Å²) in [6.45, 7) is 3.90. The van der Waals surface area contributed by atoms with Gasteiger partial charge in [-0.1, -0.05) is 74.5 Å². The minimum absolute atomic E-state index is 0.102. The van der Waals surface area contributed by atoms with E-state index in [0.717, 1.165) is 36.1 Å². The largest absolute Gasteiger partial charge is 0.424 e. The minimum Gasteiger partial charge on any atom is -0.424 e. The van der Waals surface area contributed by atoms with Gasteiger partial charge in [0.2, 0.25) is 0 Å². The van der Waals surface area contributed by atoms with Crippen molar-refractivity contribution in [1.29, 1.82) is 0 Å². The van der Waals surface area contributed by atoms with Crippen molar-refractivity contribution in [2.75, 3.05) is 6.61 Å². The van der Waals surface area contributed by atoms with E-state index in [1.165, 1.54) is 0 Å². The van der Waals surface area contributed by atoms with Gasteiger partial charge in [0.1, 0.15) is 0 Å². The number of aliphatic hydroxyl groups excluding tert-OH is 1. The molecule has 0 spiro atoms. The Bertz CT molecular complexity index is 710. The van der Waals surface area contributed by atoms with Gasteiger partial charge in [-0.15, -0.1) is 0 Å². The highest BCUT2D eigenvalue weighted by Gasteiger charge is 2.50. The van der Waals surface area contributed by atoms with Crippen molar-refractivity contribution in [1.82, 2.24) is 0 Å². The van der Waals surface area contributed by atoms with E-state index in [1.807, 2.05) is 60.7 Å². The molecule has 5 heteroatoms. The highest BCUT2D eigenvalue weighted by Crippen LogP contribution is 2.41. The zero-order valence-corrected chi connectivity index (χ0v) is 17.8. The van der Waals surface area contributed by atoms with Gasteiger partial charge in [-0.2, -0.15) is 0 Å². The molecule has 28 heavy (non-hydrogen) atoms. The smallest absolute Gasteiger partial charge is 0.258 e. The van der Waals surface area contributed by atoms with Crippen LogP contribution in [0, 0.1) is 0 Å². The number of ether oxygens (including phenoxy) is 1. The summed E-state index contributed by atoms with van der Waals surface area (Å²) in [4.78, 5) is 12.2. The molecule has 1 saturated heterocycles. The molecule has 1 heterocycles. The van der Waals surface area contributed by atoms with Crippen LogP contribution in [-0.4, -0.2) is 41.8 Å². The van der Waals surface area contributed by atoms with E-state index in [1.54, 1.807) is 0 Å². The fourth-order valence-corrected chi connectivity index (χ4v) is 8.12. The van der Waals surface area contributed by atoms with Crippen molar-refractivity contribution in [2.45, 2.75) is 62.9 Å². The summed E-state index contributed by atoms with van der Waals surface area (Å²) in [6, 6.07) is 20.0. The van der Waals surface area contributed by atoms with Gasteiger partial charge in [0.15, 0.2) is 5.79 Å². The zero-order valence-electron chi connectivity index (χ0n) is 16.8. The summed E-state index contributed by atoms with van der Waals surface area (Å²) in [6.07, 6.45) is 3.58. The van der Waals surface area contributed by atoms with Crippen molar-refractivity contribution in [3.05, 3.63) is 60.7 Å². The van der Waals surface area contributed by atoms with Crippen molar-refractivity contribution in [2.24, 2.45) is 0 Å². The first kappa shape index (κ1) is 21.2. The number of rotatable bonds is 7. The molecule has 4 nitrogen and oxygen atoms in total. The van der Waals surface area contributed by atoms with Crippen LogP contribution in [0.4, 0.5) is 0 Å². The Kier molecular flexibility index (Phi) is 6.42. The molecule has 152 valence electrons. The Morgan fingerprint density at radius 1 is 1.04 bits per heavy atom. The molecule has 1 fully saturated rings. The summed E-state index contributed by atoms with van der Waals surface area (Å²) in [5.41, 5.74) is 0. The molecule has 1 aliphatic rings. The molecule has 0 amide bonds. The first-order valence-electron chi connectivity index (χ1n) is 10.2. The van der Waals surface area contributed by atoms with E-state index in [2.05, 4.69) is 13.8 Å². The first-order chi connectivity index (χ1) is 13.3. The molecule has 3 N–H and O–H groups in total. The minimum atomic E-state index is -3.03. The van der Waals surface area contributed by atoms with Crippen LogP contribution in [0.25, 0.3) is 0 Å². The molecule has 0 bridgehead atoms. The summed E-state index contributed by atoms with van der Waals surface area (Å²) in [7, 11) is -3.03. The normalized spacial score (nSPS) is 23.5. The Hall–Kier alpha value is -1.50. The number of aliphatic hydroxyl groups is 2. The average Bonchev–Trinajstić information content (AvgIpc) is 2.73. The van der Waals surface area contributed by atoms with E-state index in [0.29, 0.717) is 6.42 Å². The van der Waals surface area contributed by atoms with Gasteiger partial charge in [-0.05, 0) is 41.1 Å². The SMILES string of the molecule is CC(C)(CC[C@@H]1CCCC(O)(CO)O1)[Si](O)(c1ccccc1)c1ccccc1. The summed E-state index contributed by atoms with van der Waals surface area (Å²) in [5, 5.41) is 21.4. The quantitative estimate of drug-likeness (QED) is 0.625. The van der Waals surface area contributed by atoms with Crippen LogP contribution in [0.2, 0.25) is 5.04 Å². The van der Waals surface area contributed by atoms with Gasteiger partial charge in [-0.3, -0.25) is 0 Å². The predicted octanol–water partition coefficient (Wildman–Crippen LogP) is 2.55. The maximum absolute atomic E-state index is 12.2. The van der Waals surface area contributed by atoms with Crippen molar-refractivity contribution in [3.8, 4) is 0 Å². The molecule has 2 atom stereocenters. The van der Waals surface area contributed by atoms with Crippen molar-refractivity contribution < 1.29 is 19.7 Å². The molecule has 0 aromatic heterocycles. The van der Waals surface area contributed by atoms with Gasteiger partial charge >= 0.3 is 0 Å². The van der Waals surface area contributed by atoms with Crippen LogP contribution in [0.15, 0.2) is 60.7 Å². The monoisotopic (exact) mass is 400 g/mol. The average molecular weight is 401 g/mol. The molecule has 2 aromatic rings. The lowest BCUT2D eigenvalue weighted by atomic mass is 9.96. The van der Waals surface area contributed by atoms with Gasteiger partial charge in [0.25, 0.3) is 8.32 Å². The molecule has 0 aliphatic carbocycles. The fourth-order valence-electron chi connectivity index (χ4n) is 4.36. The number of hydrogen-bond donors (Lipinski definition) is 3. The zero-order chi connectivity index (χ0) is 20.3. The van der Waals surface area contributed by atoms with Crippen LogP contribution in [0.3, 0.4) is 0 Å². The Morgan fingerprint density at radius 2 is 1.57 bits per heavy atom. The first-order valence-corrected chi connectivity index (χ1v) is 12.1. The Morgan fingerprint density at radius 3 is 2.07 bits per heavy atom. The summed E-state index contributed by atoms with van der Waals surface area (Å²) < 4.78 is 5.78. The third-order valence-corrected chi connectivity index (χ3v) is 10.7. The second-order valence-electron chi connectivity index (χ2n) is 8.60. The van der Waals surface area contributed by atoms with E-state index in [9.17, 15) is 15.0 Å². The van der Waals surface area contributed by atoms with E-state index in [4.69, 9.17) is 4.74 Å². The van der Waals surface area contributed by atoms with Crippen molar-refractivity contribution in [3.63, 3.8) is 0 Å². The highest BCUT2D eigenvalue weighted by atomic mass is 28.4. The topological polar surface area (TPSA) is 69.9 Å². The maximum Gasteiger partial charge on any atom is 0.258 e. The Balaban J connectivity index is 1.85. The van der Waals surface area contributed by atoms with Crippen LogP contribution in [0.5, 0.6) is 0 Å². The molecule has 0 radical (unpaired) electrons. The molecule has 1 unspecified atom stereocenters. The van der Waals surface area contributed by atoms with E-state index in [-0.39, 0.29) is 17.7 Å². The number of hydrogen-bond acceptors (Lipinski definition) is 4. The molecule has 2 aromatic carbocycles. The molecular formula is C23H32O4Si. The molecule has 1 aliphatic heterocycles. The lowest BCUT2D eigenvalue weighted by Gasteiger charge is -2.43. The second-order valence-corrected chi connectivity index (χ2v) is 12.5. The molecule has 3 rings (SSSR count). The summed E-state index contributed by atoms with van der Waals surface area (Å²) >= 11 is 0. The third kappa shape index (κ3) is 4.24.